The lowest BCUT2D eigenvalue weighted by atomic mass is 10.1. The first kappa shape index (κ1) is 21.9. The van der Waals surface area contributed by atoms with Gasteiger partial charge < -0.3 is 14.8 Å². The molecule has 2 rings (SSSR count). The van der Waals surface area contributed by atoms with E-state index in [0.29, 0.717) is 13.1 Å². The van der Waals surface area contributed by atoms with Gasteiger partial charge in [-0.1, -0.05) is 32.4 Å². The smallest absolute Gasteiger partial charge is 0.242 e. The summed E-state index contributed by atoms with van der Waals surface area (Å²) >= 11 is 0. The topological polar surface area (TPSA) is 67.2 Å². The number of hydrogen-bond acceptors (Lipinski definition) is 3. The third-order valence-corrected chi connectivity index (χ3v) is 5.04. The number of nitrogens with zero attached hydrogens (tertiary/aromatic N) is 3. The zero-order chi connectivity index (χ0) is 20.5. The van der Waals surface area contributed by atoms with Crippen molar-refractivity contribution in [1.29, 1.82) is 0 Å². The fraction of sp³-hybridized carbons (Fsp3) is 0.591. The van der Waals surface area contributed by atoms with Crippen LogP contribution >= 0.6 is 0 Å². The molecule has 0 aliphatic carbocycles. The number of para-hydroxylation sites is 2. The fourth-order valence-corrected chi connectivity index (χ4v) is 3.30. The summed E-state index contributed by atoms with van der Waals surface area (Å²) in [6, 6.07) is 8.00. The van der Waals surface area contributed by atoms with Gasteiger partial charge in [0.25, 0.3) is 0 Å². The Labute approximate surface area is 168 Å². The largest absolute Gasteiger partial charge is 0.356 e. The van der Waals surface area contributed by atoms with Crippen LogP contribution in [0.4, 0.5) is 0 Å². The van der Waals surface area contributed by atoms with Crippen LogP contribution in [0.2, 0.25) is 0 Å². The third-order valence-electron chi connectivity index (χ3n) is 5.04. The second-order valence-electron chi connectivity index (χ2n) is 7.43. The molecule has 1 heterocycles. The highest BCUT2D eigenvalue weighted by Gasteiger charge is 2.16. The van der Waals surface area contributed by atoms with E-state index in [2.05, 4.69) is 9.88 Å². The highest BCUT2D eigenvalue weighted by molar-refractivity contribution is 5.81. The van der Waals surface area contributed by atoms with E-state index >= 15 is 0 Å². The maximum atomic E-state index is 12.6. The number of imidazole rings is 1. The van der Waals surface area contributed by atoms with Crippen molar-refractivity contribution in [2.75, 3.05) is 19.6 Å². The van der Waals surface area contributed by atoms with Crippen molar-refractivity contribution in [3.05, 3.63) is 30.1 Å². The van der Waals surface area contributed by atoms with Crippen LogP contribution in [0.3, 0.4) is 0 Å². The lowest BCUT2D eigenvalue weighted by molar-refractivity contribution is -0.131. The number of hydrogen-bond donors (Lipinski definition) is 1. The number of benzene rings is 1. The number of unbranched alkanes of at least 4 members (excludes halogenated alkanes) is 2. The number of rotatable bonds is 11. The summed E-state index contributed by atoms with van der Waals surface area (Å²) < 4.78 is 2.07. The number of aromatic nitrogens is 2. The van der Waals surface area contributed by atoms with Gasteiger partial charge in [-0.05, 0) is 38.8 Å². The maximum Gasteiger partial charge on any atom is 0.242 e. The Morgan fingerprint density at radius 1 is 1.11 bits per heavy atom. The second-order valence-corrected chi connectivity index (χ2v) is 7.43. The van der Waals surface area contributed by atoms with E-state index in [1.54, 1.807) is 0 Å². The van der Waals surface area contributed by atoms with Crippen LogP contribution in [0.1, 0.15) is 52.8 Å². The van der Waals surface area contributed by atoms with Crippen LogP contribution in [0.5, 0.6) is 0 Å². The fourth-order valence-electron chi connectivity index (χ4n) is 3.30. The van der Waals surface area contributed by atoms with Gasteiger partial charge in [0.05, 0.1) is 11.0 Å². The Hall–Kier alpha value is -2.37. The van der Waals surface area contributed by atoms with Crippen LogP contribution in [-0.4, -0.2) is 45.9 Å². The number of carbonyl (C=O) groups excluding carboxylic acids is 2. The molecule has 154 valence electrons. The van der Waals surface area contributed by atoms with E-state index in [-0.39, 0.29) is 17.7 Å². The van der Waals surface area contributed by atoms with Crippen LogP contribution in [0, 0.1) is 5.92 Å². The number of fused-ring (bicyclic) bond motifs is 1. The van der Waals surface area contributed by atoms with Gasteiger partial charge >= 0.3 is 0 Å². The van der Waals surface area contributed by atoms with Gasteiger partial charge in [0.2, 0.25) is 11.8 Å². The summed E-state index contributed by atoms with van der Waals surface area (Å²) in [5.41, 5.74) is 1.95. The second kappa shape index (κ2) is 10.8. The molecule has 0 radical (unpaired) electrons. The molecular weight excluding hydrogens is 352 g/mol. The van der Waals surface area contributed by atoms with Crippen LogP contribution < -0.4 is 5.32 Å². The molecule has 6 heteroatoms. The number of nitrogens with one attached hydrogen (secondary N) is 1. The van der Waals surface area contributed by atoms with E-state index in [1.807, 2.05) is 56.9 Å². The maximum absolute atomic E-state index is 12.6. The number of amides is 2. The molecule has 1 aromatic heterocycles. The molecule has 6 nitrogen and oxygen atoms in total. The molecule has 1 aromatic carbocycles. The predicted octanol–water partition coefficient (Wildman–Crippen LogP) is 3.39. The summed E-state index contributed by atoms with van der Waals surface area (Å²) in [6.45, 7) is 10.3. The van der Waals surface area contributed by atoms with Gasteiger partial charge in [0.1, 0.15) is 12.4 Å². The zero-order valence-electron chi connectivity index (χ0n) is 17.7. The molecule has 0 saturated heterocycles. The molecule has 0 atom stereocenters. The quantitative estimate of drug-likeness (QED) is 0.602. The minimum Gasteiger partial charge on any atom is -0.356 e. The Kier molecular flexibility index (Phi) is 8.48. The molecule has 28 heavy (non-hydrogen) atoms. The van der Waals surface area contributed by atoms with Crippen LogP contribution in [0.25, 0.3) is 11.0 Å². The first-order valence-corrected chi connectivity index (χ1v) is 10.5. The van der Waals surface area contributed by atoms with Crippen molar-refractivity contribution in [2.24, 2.45) is 5.92 Å². The van der Waals surface area contributed by atoms with Crippen molar-refractivity contribution in [3.8, 4) is 0 Å². The SMILES string of the molecule is CCN(CC)C(=O)Cn1c(CCCCCNC(=O)C(C)C)nc2ccccc21. The van der Waals surface area contributed by atoms with Gasteiger partial charge in [-0.3, -0.25) is 9.59 Å². The van der Waals surface area contributed by atoms with E-state index in [1.165, 1.54) is 0 Å². The third kappa shape index (κ3) is 5.81. The van der Waals surface area contributed by atoms with E-state index in [0.717, 1.165) is 55.6 Å². The predicted molar refractivity (Wildman–Crippen MR) is 113 cm³/mol. The number of carbonyl (C=O) groups is 2. The highest BCUT2D eigenvalue weighted by atomic mass is 16.2. The molecule has 0 unspecified atom stereocenters. The van der Waals surface area contributed by atoms with Gasteiger partial charge in [-0.2, -0.15) is 0 Å². The minimum absolute atomic E-state index is 0.0308. The summed E-state index contributed by atoms with van der Waals surface area (Å²) in [7, 11) is 0. The molecule has 0 fully saturated rings. The Bertz CT molecular complexity index is 778. The molecule has 0 bridgehead atoms. The van der Waals surface area contributed by atoms with Gasteiger partial charge in [-0.15, -0.1) is 0 Å². The molecular formula is C22H34N4O2. The van der Waals surface area contributed by atoms with Crippen molar-refractivity contribution in [2.45, 2.75) is 59.9 Å². The molecule has 2 aromatic rings. The van der Waals surface area contributed by atoms with Gasteiger partial charge in [0.15, 0.2) is 0 Å². The molecule has 0 saturated carbocycles. The minimum atomic E-state index is 0.0308. The summed E-state index contributed by atoms with van der Waals surface area (Å²) in [5, 5.41) is 2.96. The highest BCUT2D eigenvalue weighted by Crippen LogP contribution is 2.18. The molecule has 0 spiro atoms. The van der Waals surface area contributed by atoms with E-state index in [4.69, 9.17) is 4.98 Å². The number of aryl methyl sites for hydroxylation is 1. The zero-order valence-corrected chi connectivity index (χ0v) is 17.7. The van der Waals surface area contributed by atoms with Crippen LogP contribution in [0.15, 0.2) is 24.3 Å². The van der Waals surface area contributed by atoms with E-state index in [9.17, 15) is 9.59 Å². The summed E-state index contributed by atoms with van der Waals surface area (Å²) in [5.74, 6) is 1.23. The lowest BCUT2D eigenvalue weighted by Gasteiger charge is -2.20. The summed E-state index contributed by atoms with van der Waals surface area (Å²) in [6.07, 6.45) is 3.79. The average Bonchev–Trinajstić information content (AvgIpc) is 3.02. The number of likely N-dealkylation sites (N-methyl/N-ethyl adjacent to an activating group) is 1. The Morgan fingerprint density at radius 3 is 2.50 bits per heavy atom. The molecule has 0 aliphatic heterocycles. The summed E-state index contributed by atoms with van der Waals surface area (Å²) in [4.78, 5) is 30.9. The van der Waals surface area contributed by atoms with Crippen molar-refractivity contribution in [3.63, 3.8) is 0 Å². The normalized spacial score (nSPS) is 11.2. The molecule has 2 amide bonds. The molecule has 0 aliphatic rings. The van der Waals surface area contributed by atoms with Gasteiger partial charge in [-0.25, -0.2) is 4.98 Å². The van der Waals surface area contributed by atoms with Crippen molar-refractivity contribution < 1.29 is 9.59 Å². The van der Waals surface area contributed by atoms with Crippen LogP contribution in [-0.2, 0) is 22.6 Å². The first-order valence-electron chi connectivity index (χ1n) is 10.5. The Balaban J connectivity index is 1.98. The van der Waals surface area contributed by atoms with E-state index < -0.39 is 0 Å². The average molecular weight is 387 g/mol. The first-order chi connectivity index (χ1) is 13.5. The van der Waals surface area contributed by atoms with Crippen molar-refractivity contribution in [1.82, 2.24) is 19.8 Å². The van der Waals surface area contributed by atoms with Crippen molar-refractivity contribution >= 4 is 22.8 Å². The Morgan fingerprint density at radius 2 is 1.82 bits per heavy atom. The standard InChI is InChI=1S/C22H34N4O2/c1-5-25(6-2)21(27)16-26-19-13-10-9-12-18(19)24-20(26)14-8-7-11-15-23-22(28)17(3)4/h9-10,12-13,17H,5-8,11,14-16H2,1-4H3,(H,23,28). The van der Waals surface area contributed by atoms with Gasteiger partial charge in [0, 0.05) is 32.0 Å². The molecule has 1 N–H and O–H groups in total. The monoisotopic (exact) mass is 386 g/mol. The lowest BCUT2D eigenvalue weighted by Crippen LogP contribution is -2.33.